The van der Waals surface area contributed by atoms with Crippen LogP contribution in [0.3, 0.4) is 0 Å². The zero-order chi connectivity index (χ0) is 35.0. The second-order valence-electron chi connectivity index (χ2n) is 15.2. The molecule has 9 rings (SSSR count). The Kier molecular flexibility index (Phi) is 7.45. The number of allylic oxidation sites excluding steroid dienone is 3. The summed E-state index contributed by atoms with van der Waals surface area (Å²) in [7, 11) is 0. The number of carbonyl (C=O) groups excluding carboxylic acids is 4. The number of phenolic OH excluding ortho intramolecular Hbond substituents is 1. The van der Waals surface area contributed by atoms with Crippen molar-refractivity contribution in [3.05, 3.63) is 113 Å². The van der Waals surface area contributed by atoms with Crippen molar-refractivity contribution in [2.45, 2.75) is 69.7 Å². The summed E-state index contributed by atoms with van der Waals surface area (Å²) < 4.78 is 6.22. The first-order valence-electron chi connectivity index (χ1n) is 18.3. The molecule has 2 N–H and O–H groups in total. The number of hydrogen-bond acceptors (Lipinski definition) is 7. The molecule has 2 saturated heterocycles. The van der Waals surface area contributed by atoms with Gasteiger partial charge in [-0.1, -0.05) is 78.9 Å². The van der Waals surface area contributed by atoms with Crippen molar-refractivity contribution in [2.75, 3.05) is 5.43 Å². The van der Waals surface area contributed by atoms with Crippen LogP contribution in [0.4, 0.5) is 5.69 Å². The Morgan fingerprint density at radius 1 is 0.863 bits per heavy atom. The predicted octanol–water partition coefficient (Wildman–Crippen LogP) is 6.37. The Bertz CT molecular complexity index is 2020. The van der Waals surface area contributed by atoms with Crippen LogP contribution in [-0.2, 0) is 31.0 Å². The molecule has 0 spiro atoms. The number of aryl methyl sites for hydroxylation is 1. The molecule has 0 bridgehead atoms. The minimum absolute atomic E-state index is 0.0851. The number of carbonyl (C=O) groups is 4. The van der Waals surface area contributed by atoms with Gasteiger partial charge in [0.2, 0.25) is 11.8 Å². The number of ether oxygens (including phenoxy) is 1. The van der Waals surface area contributed by atoms with Gasteiger partial charge in [-0.15, -0.1) is 0 Å². The van der Waals surface area contributed by atoms with Crippen molar-refractivity contribution in [3.8, 4) is 11.5 Å². The number of amides is 4. The molecule has 51 heavy (non-hydrogen) atoms. The van der Waals surface area contributed by atoms with Crippen LogP contribution < -0.4 is 10.2 Å². The van der Waals surface area contributed by atoms with Gasteiger partial charge in [0.05, 0.1) is 35.1 Å². The summed E-state index contributed by atoms with van der Waals surface area (Å²) >= 11 is 0. The van der Waals surface area contributed by atoms with E-state index in [1.807, 2.05) is 61.5 Å². The lowest BCUT2D eigenvalue weighted by molar-refractivity contribution is -0.144. The summed E-state index contributed by atoms with van der Waals surface area (Å²) in [6, 6.07) is 22.0. The van der Waals surface area contributed by atoms with Gasteiger partial charge in [-0.05, 0) is 80.0 Å². The Morgan fingerprint density at radius 3 is 2.39 bits per heavy atom. The molecule has 3 aromatic carbocycles. The van der Waals surface area contributed by atoms with Crippen LogP contribution in [0.5, 0.6) is 11.5 Å². The minimum Gasteiger partial charge on any atom is -0.508 e. The first-order valence-corrected chi connectivity index (χ1v) is 18.3. The zero-order valence-corrected chi connectivity index (χ0v) is 28.6. The molecule has 3 aliphatic carbocycles. The second kappa shape index (κ2) is 12.0. The van der Waals surface area contributed by atoms with Gasteiger partial charge in [0, 0.05) is 23.9 Å². The molecule has 3 aromatic rings. The van der Waals surface area contributed by atoms with Crippen LogP contribution >= 0.6 is 0 Å². The molecule has 260 valence electrons. The Hall–Kier alpha value is -5.18. The fraction of sp³-hybridized carbons (Fsp3) is 0.381. The molecule has 6 atom stereocenters. The van der Waals surface area contributed by atoms with Gasteiger partial charge in [0.25, 0.3) is 11.8 Å². The highest BCUT2D eigenvalue weighted by Gasteiger charge is 2.71. The molecule has 3 heterocycles. The molecular weight excluding hydrogens is 642 g/mol. The maximum atomic E-state index is 15.4. The fourth-order valence-corrected chi connectivity index (χ4v) is 10.3. The van der Waals surface area contributed by atoms with Crippen LogP contribution in [0.25, 0.3) is 0 Å². The third-order valence-corrected chi connectivity index (χ3v) is 12.5. The maximum absolute atomic E-state index is 15.4. The number of anilines is 1. The van der Waals surface area contributed by atoms with E-state index < -0.39 is 35.0 Å². The third kappa shape index (κ3) is 4.73. The molecule has 4 fully saturated rings. The number of rotatable bonds is 5. The number of imide groups is 2. The normalized spacial score (nSPS) is 30.2. The number of benzene rings is 3. The Balaban J connectivity index is 1.21. The molecule has 6 aliphatic rings. The maximum Gasteiger partial charge on any atom is 0.260 e. The van der Waals surface area contributed by atoms with E-state index in [4.69, 9.17) is 4.74 Å². The lowest BCUT2D eigenvalue weighted by Crippen LogP contribution is -2.55. The van der Waals surface area contributed by atoms with Gasteiger partial charge in [-0.2, -0.15) is 5.01 Å². The summed E-state index contributed by atoms with van der Waals surface area (Å²) in [5.74, 6) is -3.19. The van der Waals surface area contributed by atoms with E-state index in [1.54, 1.807) is 29.4 Å². The average Bonchev–Trinajstić information content (AvgIpc) is 3.53. The van der Waals surface area contributed by atoms with Gasteiger partial charge in [0.1, 0.15) is 11.5 Å². The largest absolute Gasteiger partial charge is 0.508 e. The Labute approximate surface area is 296 Å². The summed E-state index contributed by atoms with van der Waals surface area (Å²) in [5.41, 5.74) is 6.65. The molecule has 2 saturated carbocycles. The van der Waals surface area contributed by atoms with E-state index in [-0.39, 0.29) is 41.8 Å². The van der Waals surface area contributed by atoms with E-state index >= 15 is 4.79 Å². The van der Waals surface area contributed by atoms with Gasteiger partial charge in [-0.25, -0.2) is 0 Å². The molecule has 0 aromatic heterocycles. The number of aromatic hydroxyl groups is 1. The third-order valence-electron chi connectivity index (χ3n) is 12.5. The smallest absolute Gasteiger partial charge is 0.260 e. The predicted molar refractivity (Wildman–Crippen MR) is 189 cm³/mol. The standard InChI is InChI=1S/C42H41N3O6/c1-24-12-14-28(15-13-24)43-45-39(48)34-22-33-31(17-18-32-36(33)40(49)44(38(32)47)29-10-6-3-7-11-29)37(42(34,41(45)50)27-8-4-2-5-9-27)26-20-25-21-30(46)16-19-35(25)51-23-26/h2,4-5,8-9,12-17,19,21,23,29,32-34,36-37,43,46H,3,6-7,10-11,18,20,22H2,1H3/t32-,33+,34-,36-,37-,42+/m0/s1. The van der Waals surface area contributed by atoms with Crippen molar-refractivity contribution in [1.29, 1.82) is 0 Å². The summed E-state index contributed by atoms with van der Waals surface area (Å²) in [6.45, 7) is 1.98. The Morgan fingerprint density at radius 2 is 1.63 bits per heavy atom. The van der Waals surface area contributed by atoms with Crippen molar-refractivity contribution in [3.63, 3.8) is 0 Å². The van der Waals surface area contributed by atoms with Gasteiger partial charge in [-0.3, -0.25) is 29.5 Å². The van der Waals surface area contributed by atoms with Crippen molar-refractivity contribution < 1.29 is 29.0 Å². The van der Waals surface area contributed by atoms with E-state index in [0.29, 0.717) is 29.8 Å². The first-order chi connectivity index (χ1) is 24.8. The van der Waals surface area contributed by atoms with Crippen molar-refractivity contribution in [1.82, 2.24) is 9.91 Å². The van der Waals surface area contributed by atoms with E-state index in [0.717, 1.165) is 54.4 Å². The van der Waals surface area contributed by atoms with Crippen molar-refractivity contribution >= 4 is 29.3 Å². The number of fused-ring (bicyclic) bond motifs is 5. The number of likely N-dealkylation sites (tertiary alicyclic amines) is 1. The summed E-state index contributed by atoms with van der Waals surface area (Å²) in [4.78, 5) is 60.4. The molecular formula is C42H41N3O6. The van der Waals surface area contributed by atoms with Crippen LogP contribution in [0.1, 0.15) is 61.6 Å². The fourth-order valence-electron chi connectivity index (χ4n) is 10.3. The molecule has 4 amide bonds. The zero-order valence-electron chi connectivity index (χ0n) is 28.6. The van der Waals surface area contributed by atoms with Gasteiger partial charge >= 0.3 is 0 Å². The van der Waals surface area contributed by atoms with Gasteiger partial charge < -0.3 is 9.84 Å². The SMILES string of the molecule is Cc1ccc(NN2C(=O)[C@@H]3C[C@@H]4C(=CC[C@@H]5C(=O)N(C6CCCCC6)C(=O)[C@@H]54)[C@H](C4=COc5ccc(O)cc5C4)[C@]3(c3ccccc3)C2=O)cc1. The second-order valence-corrected chi connectivity index (χ2v) is 15.2. The lowest BCUT2D eigenvalue weighted by Gasteiger charge is -2.51. The number of phenols is 1. The summed E-state index contributed by atoms with van der Waals surface area (Å²) in [5, 5.41) is 11.6. The van der Waals surface area contributed by atoms with Crippen LogP contribution in [0, 0.1) is 36.5 Å². The molecule has 0 radical (unpaired) electrons. The minimum atomic E-state index is -1.36. The highest BCUT2D eigenvalue weighted by atomic mass is 16.5. The molecule has 9 heteroatoms. The molecule has 9 nitrogen and oxygen atoms in total. The van der Waals surface area contributed by atoms with Crippen LogP contribution in [0.2, 0.25) is 0 Å². The average molecular weight is 684 g/mol. The van der Waals surface area contributed by atoms with E-state index in [1.165, 1.54) is 5.01 Å². The van der Waals surface area contributed by atoms with Crippen LogP contribution in [-0.4, -0.2) is 44.7 Å². The topological polar surface area (TPSA) is 116 Å². The van der Waals surface area contributed by atoms with Gasteiger partial charge in [0.15, 0.2) is 0 Å². The van der Waals surface area contributed by atoms with E-state index in [2.05, 4.69) is 11.5 Å². The highest BCUT2D eigenvalue weighted by molar-refractivity contribution is 6.13. The van der Waals surface area contributed by atoms with Crippen molar-refractivity contribution in [2.24, 2.45) is 29.6 Å². The quantitative estimate of drug-likeness (QED) is 0.237. The lowest BCUT2D eigenvalue weighted by atomic mass is 9.48. The summed E-state index contributed by atoms with van der Waals surface area (Å²) in [6.07, 6.45) is 9.60. The molecule has 3 aliphatic heterocycles. The monoisotopic (exact) mass is 683 g/mol. The number of nitrogens with one attached hydrogen (secondary N) is 1. The van der Waals surface area contributed by atoms with Crippen LogP contribution in [0.15, 0.2) is 96.3 Å². The first kappa shape index (κ1) is 31.8. The number of hydrogen-bond donors (Lipinski definition) is 2. The number of nitrogens with zero attached hydrogens (tertiary/aromatic N) is 2. The number of hydrazine groups is 1. The molecule has 0 unspecified atom stereocenters. The highest BCUT2D eigenvalue weighted by Crippen LogP contribution is 2.63. The van der Waals surface area contributed by atoms with E-state index in [9.17, 15) is 19.5 Å².